The molecule has 0 aliphatic carbocycles. The fourth-order valence-electron chi connectivity index (χ4n) is 1.73. The van der Waals surface area contributed by atoms with Crippen LogP contribution >= 0.6 is 11.6 Å². The van der Waals surface area contributed by atoms with Gasteiger partial charge in [0.15, 0.2) is 0 Å². The second kappa shape index (κ2) is 6.22. The van der Waals surface area contributed by atoms with Crippen molar-refractivity contribution in [2.75, 3.05) is 5.88 Å². The molecule has 0 aromatic heterocycles. The highest BCUT2D eigenvalue weighted by atomic mass is 35.5. The van der Waals surface area contributed by atoms with Crippen LogP contribution in [0.4, 0.5) is 0 Å². The van der Waals surface area contributed by atoms with Crippen LogP contribution in [0.25, 0.3) is 0 Å². The SMILES string of the molecule is O=C(N[C@@H](CCl)c1ccccc1)c1ccccc1. The molecule has 0 spiro atoms. The largest absolute Gasteiger partial charge is 0.344 e. The third kappa shape index (κ3) is 3.11. The Bertz CT molecular complexity index is 498. The topological polar surface area (TPSA) is 29.1 Å². The molecule has 18 heavy (non-hydrogen) atoms. The zero-order valence-corrected chi connectivity index (χ0v) is 10.6. The van der Waals surface area contributed by atoms with Gasteiger partial charge in [0.05, 0.1) is 6.04 Å². The van der Waals surface area contributed by atoms with Gasteiger partial charge in [0.25, 0.3) is 5.91 Å². The first-order chi connectivity index (χ1) is 8.81. The molecule has 0 aliphatic rings. The first-order valence-electron chi connectivity index (χ1n) is 5.78. The van der Waals surface area contributed by atoms with E-state index in [0.717, 1.165) is 5.56 Å². The molecule has 2 nitrogen and oxygen atoms in total. The fraction of sp³-hybridized carbons (Fsp3) is 0.133. The molecule has 3 heteroatoms. The lowest BCUT2D eigenvalue weighted by atomic mass is 10.1. The average Bonchev–Trinajstić information content (AvgIpc) is 2.46. The Morgan fingerprint density at radius 2 is 1.56 bits per heavy atom. The molecule has 2 rings (SSSR count). The van der Waals surface area contributed by atoms with Crippen LogP contribution in [-0.2, 0) is 0 Å². The van der Waals surface area contributed by atoms with Crippen molar-refractivity contribution in [3.05, 3.63) is 71.8 Å². The van der Waals surface area contributed by atoms with Gasteiger partial charge < -0.3 is 5.32 Å². The Labute approximate surface area is 112 Å². The third-order valence-electron chi connectivity index (χ3n) is 2.70. The molecule has 0 heterocycles. The van der Waals surface area contributed by atoms with Crippen molar-refractivity contribution in [1.82, 2.24) is 5.32 Å². The zero-order valence-electron chi connectivity index (χ0n) is 9.84. The first kappa shape index (κ1) is 12.7. The summed E-state index contributed by atoms with van der Waals surface area (Å²) in [6.45, 7) is 0. The van der Waals surface area contributed by atoms with Crippen molar-refractivity contribution >= 4 is 17.5 Å². The molecule has 0 unspecified atom stereocenters. The minimum atomic E-state index is -0.166. The summed E-state index contributed by atoms with van der Waals surface area (Å²) in [7, 11) is 0. The summed E-state index contributed by atoms with van der Waals surface area (Å²) < 4.78 is 0. The van der Waals surface area contributed by atoms with Gasteiger partial charge in [0.2, 0.25) is 0 Å². The van der Waals surface area contributed by atoms with Gasteiger partial charge in [-0.1, -0.05) is 48.5 Å². The monoisotopic (exact) mass is 259 g/mol. The summed E-state index contributed by atoms with van der Waals surface area (Å²) in [5.41, 5.74) is 1.65. The second-order valence-electron chi connectivity index (χ2n) is 3.96. The predicted molar refractivity (Wildman–Crippen MR) is 73.8 cm³/mol. The van der Waals surface area contributed by atoms with Gasteiger partial charge in [-0.2, -0.15) is 0 Å². The molecule has 1 N–H and O–H groups in total. The predicted octanol–water partition coefficient (Wildman–Crippen LogP) is 3.40. The van der Waals surface area contributed by atoms with E-state index in [9.17, 15) is 4.79 Å². The minimum Gasteiger partial charge on any atom is -0.344 e. The molecule has 0 fully saturated rings. The van der Waals surface area contributed by atoms with E-state index in [1.165, 1.54) is 0 Å². The van der Waals surface area contributed by atoms with E-state index < -0.39 is 0 Å². The van der Waals surface area contributed by atoms with Gasteiger partial charge in [-0.05, 0) is 17.7 Å². The summed E-state index contributed by atoms with van der Waals surface area (Å²) in [6, 6.07) is 18.7. The number of amides is 1. The molecule has 0 aliphatic heterocycles. The number of hydrogen-bond acceptors (Lipinski definition) is 1. The number of nitrogens with one attached hydrogen (secondary N) is 1. The fourth-order valence-corrected chi connectivity index (χ4v) is 1.98. The Morgan fingerprint density at radius 1 is 1.00 bits per heavy atom. The Hall–Kier alpha value is -1.80. The van der Waals surface area contributed by atoms with Gasteiger partial charge in [-0.15, -0.1) is 11.6 Å². The first-order valence-corrected chi connectivity index (χ1v) is 6.31. The standard InChI is InChI=1S/C15H14ClNO/c16-11-14(12-7-3-1-4-8-12)17-15(18)13-9-5-2-6-10-13/h1-10,14H,11H2,(H,17,18)/t14-/m0/s1. The highest BCUT2D eigenvalue weighted by Crippen LogP contribution is 2.14. The van der Waals surface area contributed by atoms with Crippen LogP contribution in [0, 0.1) is 0 Å². The van der Waals surface area contributed by atoms with Crippen LogP contribution in [0.15, 0.2) is 60.7 Å². The molecule has 92 valence electrons. The van der Waals surface area contributed by atoms with E-state index >= 15 is 0 Å². The molecule has 0 saturated heterocycles. The van der Waals surface area contributed by atoms with Gasteiger partial charge >= 0.3 is 0 Å². The van der Waals surface area contributed by atoms with E-state index in [-0.39, 0.29) is 11.9 Å². The van der Waals surface area contributed by atoms with E-state index in [2.05, 4.69) is 5.32 Å². The van der Waals surface area contributed by atoms with Crippen molar-refractivity contribution in [2.24, 2.45) is 0 Å². The maximum Gasteiger partial charge on any atom is 0.251 e. The molecule has 2 aromatic rings. The molecule has 0 radical (unpaired) electrons. The summed E-state index contributed by atoms with van der Waals surface area (Å²) in [6.07, 6.45) is 0. The maximum absolute atomic E-state index is 12.0. The van der Waals surface area contributed by atoms with Crippen LogP contribution < -0.4 is 5.32 Å². The van der Waals surface area contributed by atoms with Crippen LogP contribution in [0.1, 0.15) is 22.0 Å². The smallest absolute Gasteiger partial charge is 0.251 e. The van der Waals surface area contributed by atoms with E-state index in [0.29, 0.717) is 11.4 Å². The molecule has 2 aromatic carbocycles. The number of carbonyl (C=O) groups is 1. The minimum absolute atomic E-state index is 0.106. The highest BCUT2D eigenvalue weighted by Gasteiger charge is 2.14. The Balaban J connectivity index is 2.10. The van der Waals surface area contributed by atoms with Crippen molar-refractivity contribution in [3.8, 4) is 0 Å². The number of benzene rings is 2. The van der Waals surface area contributed by atoms with Crippen LogP contribution in [0.3, 0.4) is 0 Å². The van der Waals surface area contributed by atoms with Crippen LogP contribution in [0.2, 0.25) is 0 Å². The normalized spacial score (nSPS) is 11.8. The molecular weight excluding hydrogens is 246 g/mol. The van der Waals surface area contributed by atoms with E-state index in [1.54, 1.807) is 12.1 Å². The van der Waals surface area contributed by atoms with Crippen molar-refractivity contribution in [2.45, 2.75) is 6.04 Å². The molecule has 0 bridgehead atoms. The summed E-state index contributed by atoms with van der Waals surface area (Å²) in [5, 5.41) is 2.93. The number of hydrogen-bond donors (Lipinski definition) is 1. The van der Waals surface area contributed by atoms with E-state index in [4.69, 9.17) is 11.6 Å². The Morgan fingerprint density at radius 3 is 2.11 bits per heavy atom. The van der Waals surface area contributed by atoms with Gasteiger partial charge in [0, 0.05) is 11.4 Å². The summed E-state index contributed by atoms with van der Waals surface area (Å²) >= 11 is 5.92. The molecular formula is C15H14ClNO. The maximum atomic E-state index is 12.0. The van der Waals surface area contributed by atoms with Crippen molar-refractivity contribution < 1.29 is 4.79 Å². The summed E-state index contributed by atoms with van der Waals surface area (Å²) in [4.78, 5) is 12.0. The second-order valence-corrected chi connectivity index (χ2v) is 4.27. The number of rotatable bonds is 4. The van der Waals surface area contributed by atoms with Gasteiger partial charge in [0.1, 0.15) is 0 Å². The average molecular weight is 260 g/mol. The quantitative estimate of drug-likeness (QED) is 0.838. The third-order valence-corrected chi connectivity index (χ3v) is 3.01. The lowest BCUT2D eigenvalue weighted by molar-refractivity contribution is 0.0940. The zero-order chi connectivity index (χ0) is 12.8. The van der Waals surface area contributed by atoms with E-state index in [1.807, 2.05) is 48.5 Å². The van der Waals surface area contributed by atoms with Gasteiger partial charge in [-0.25, -0.2) is 0 Å². The van der Waals surface area contributed by atoms with Crippen LogP contribution in [-0.4, -0.2) is 11.8 Å². The number of halogens is 1. The lowest BCUT2D eigenvalue weighted by Crippen LogP contribution is -2.29. The highest BCUT2D eigenvalue weighted by molar-refractivity contribution is 6.18. The molecule has 0 saturated carbocycles. The van der Waals surface area contributed by atoms with Crippen molar-refractivity contribution in [3.63, 3.8) is 0 Å². The molecule has 1 amide bonds. The molecule has 1 atom stereocenters. The van der Waals surface area contributed by atoms with Gasteiger partial charge in [-0.3, -0.25) is 4.79 Å². The Kier molecular flexibility index (Phi) is 4.37. The lowest BCUT2D eigenvalue weighted by Gasteiger charge is -2.16. The van der Waals surface area contributed by atoms with Crippen molar-refractivity contribution in [1.29, 1.82) is 0 Å². The number of carbonyl (C=O) groups excluding carboxylic acids is 1. The summed E-state index contributed by atoms with van der Waals surface area (Å²) in [5.74, 6) is 0.243. The number of alkyl halides is 1. The van der Waals surface area contributed by atoms with Crippen LogP contribution in [0.5, 0.6) is 0 Å².